The fourth-order valence-electron chi connectivity index (χ4n) is 3.31. The van der Waals surface area contributed by atoms with Crippen LogP contribution in [-0.4, -0.2) is 57.1 Å². The van der Waals surface area contributed by atoms with Crippen molar-refractivity contribution in [2.24, 2.45) is 0 Å². The molecule has 192 valence electrons. The highest BCUT2D eigenvalue weighted by Crippen LogP contribution is 2.33. The van der Waals surface area contributed by atoms with Crippen molar-refractivity contribution in [2.45, 2.75) is 45.8 Å². The number of halogens is 2. The summed E-state index contributed by atoms with van der Waals surface area (Å²) in [5.74, 6) is -1.49. The van der Waals surface area contributed by atoms with Crippen LogP contribution >= 0.6 is 11.6 Å². The van der Waals surface area contributed by atoms with Crippen molar-refractivity contribution in [2.75, 3.05) is 24.2 Å². The lowest BCUT2D eigenvalue weighted by atomic mass is 10.1. The first-order valence-electron chi connectivity index (χ1n) is 11.0. The van der Waals surface area contributed by atoms with Crippen LogP contribution in [0.25, 0.3) is 0 Å². The Hall–Kier alpha value is -2.85. The molecule has 2 aromatic rings. The molecule has 0 bridgehead atoms. The molecule has 11 heteroatoms. The lowest BCUT2D eigenvalue weighted by molar-refractivity contribution is -0.139. The maximum Gasteiger partial charge on any atom is 0.244 e. The van der Waals surface area contributed by atoms with E-state index in [1.165, 1.54) is 50.4 Å². The van der Waals surface area contributed by atoms with Gasteiger partial charge in [-0.1, -0.05) is 36.7 Å². The molecule has 0 unspecified atom stereocenters. The topological polar surface area (TPSA) is 96.0 Å². The van der Waals surface area contributed by atoms with Gasteiger partial charge >= 0.3 is 0 Å². The van der Waals surface area contributed by atoms with Crippen molar-refractivity contribution in [3.8, 4) is 5.75 Å². The van der Waals surface area contributed by atoms with Gasteiger partial charge in [-0.3, -0.25) is 13.9 Å². The van der Waals surface area contributed by atoms with Crippen molar-refractivity contribution in [3.63, 3.8) is 0 Å². The number of nitrogens with one attached hydrogen (secondary N) is 1. The van der Waals surface area contributed by atoms with E-state index in [0.717, 1.165) is 15.5 Å². The number of nitrogens with zero attached hydrogens (tertiary/aromatic N) is 2. The van der Waals surface area contributed by atoms with Crippen LogP contribution in [0.1, 0.15) is 32.8 Å². The lowest BCUT2D eigenvalue weighted by Crippen LogP contribution is -2.52. The third-order valence-corrected chi connectivity index (χ3v) is 6.92. The number of ether oxygens (including phenoxy) is 1. The van der Waals surface area contributed by atoms with Gasteiger partial charge in [0, 0.05) is 23.2 Å². The number of amides is 2. The third-order valence-electron chi connectivity index (χ3n) is 5.56. The van der Waals surface area contributed by atoms with E-state index in [1.807, 2.05) is 13.8 Å². The molecule has 0 aliphatic heterocycles. The quantitative estimate of drug-likeness (QED) is 0.482. The van der Waals surface area contributed by atoms with Crippen LogP contribution in [0.2, 0.25) is 5.02 Å². The number of methoxy groups -OCH3 is 1. The van der Waals surface area contributed by atoms with Gasteiger partial charge in [-0.25, -0.2) is 12.8 Å². The van der Waals surface area contributed by atoms with Gasteiger partial charge in [-0.05, 0) is 44.5 Å². The summed E-state index contributed by atoms with van der Waals surface area (Å²) in [4.78, 5) is 27.5. The summed E-state index contributed by atoms with van der Waals surface area (Å²) in [5.41, 5.74) is 0.258. The number of anilines is 1. The van der Waals surface area contributed by atoms with Crippen LogP contribution in [-0.2, 0) is 26.2 Å². The molecule has 2 atom stereocenters. The average molecular weight is 528 g/mol. The molecule has 8 nitrogen and oxygen atoms in total. The van der Waals surface area contributed by atoms with Gasteiger partial charge in [-0.2, -0.15) is 0 Å². The number of rotatable bonds is 11. The highest BCUT2D eigenvalue weighted by molar-refractivity contribution is 7.92. The largest absolute Gasteiger partial charge is 0.495 e. The molecule has 0 aliphatic rings. The van der Waals surface area contributed by atoms with Crippen molar-refractivity contribution < 1.29 is 27.1 Å². The minimum absolute atomic E-state index is 0.0680. The van der Waals surface area contributed by atoms with E-state index in [0.29, 0.717) is 6.42 Å². The molecule has 2 rings (SSSR count). The second-order valence-corrected chi connectivity index (χ2v) is 10.5. The van der Waals surface area contributed by atoms with E-state index in [2.05, 4.69) is 5.32 Å². The zero-order valence-electron chi connectivity index (χ0n) is 20.4. The van der Waals surface area contributed by atoms with Gasteiger partial charge in [0.25, 0.3) is 0 Å². The van der Waals surface area contributed by atoms with Crippen molar-refractivity contribution in [1.29, 1.82) is 0 Å². The Bertz CT molecular complexity index is 1160. The number of sulfonamides is 1. The Morgan fingerprint density at radius 3 is 2.40 bits per heavy atom. The first-order chi connectivity index (χ1) is 16.4. The second kappa shape index (κ2) is 12.2. The fraction of sp³-hybridized carbons (Fsp3) is 0.417. The van der Waals surface area contributed by atoms with E-state index in [4.69, 9.17) is 16.3 Å². The molecule has 0 aliphatic carbocycles. The van der Waals surface area contributed by atoms with E-state index >= 15 is 0 Å². The number of benzene rings is 2. The van der Waals surface area contributed by atoms with Crippen LogP contribution in [0.5, 0.6) is 5.75 Å². The van der Waals surface area contributed by atoms with Gasteiger partial charge in [0.1, 0.15) is 24.2 Å². The molecular formula is C24H31ClFN3O5S. The molecule has 0 fully saturated rings. The standard InChI is InChI=1S/C24H31ClFN3O5S/c1-6-16(2)27-24(31)17(3)28(14-18-9-7-8-10-20(18)26)23(30)15-29(35(5,32)33)21-13-19(25)11-12-22(21)34-4/h7-13,16-17H,6,14-15H2,1-5H3,(H,27,31)/t16-,17+/m0/s1. The zero-order valence-corrected chi connectivity index (χ0v) is 22.0. The summed E-state index contributed by atoms with van der Waals surface area (Å²) in [6, 6.07) is 9.13. The summed E-state index contributed by atoms with van der Waals surface area (Å²) in [5, 5.41) is 3.05. The molecule has 2 amide bonds. The normalized spacial score (nSPS) is 13.0. The minimum atomic E-state index is -3.97. The van der Waals surface area contributed by atoms with Gasteiger partial charge in [0.2, 0.25) is 21.8 Å². The molecule has 2 aromatic carbocycles. The van der Waals surface area contributed by atoms with Gasteiger partial charge in [0.05, 0.1) is 19.1 Å². The van der Waals surface area contributed by atoms with Crippen LogP contribution in [0.15, 0.2) is 42.5 Å². The van der Waals surface area contributed by atoms with Gasteiger partial charge < -0.3 is 15.0 Å². The van der Waals surface area contributed by atoms with Crippen LogP contribution in [0, 0.1) is 5.82 Å². The Labute approximate surface area is 211 Å². The van der Waals surface area contributed by atoms with Crippen molar-refractivity contribution >= 4 is 39.1 Å². The molecule has 1 N–H and O–H groups in total. The van der Waals surface area contributed by atoms with Crippen molar-refractivity contribution in [1.82, 2.24) is 10.2 Å². The van der Waals surface area contributed by atoms with E-state index in [9.17, 15) is 22.4 Å². The molecule has 0 aromatic heterocycles. The minimum Gasteiger partial charge on any atom is -0.495 e. The first kappa shape index (κ1) is 28.4. The Morgan fingerprint density at radius 2 is 1.83 bits per heavy atom. The predicted octanol–water partition coefficient (Wildman–Crippen LogP) is 3.59. The SMILES string of the molecule is CC[C@H](C)NC(=O)[C@@H](C)N(Cc1ccccc1F)C(=O)CN(c1cc(Cl)ccc1OC)S(C)(=O)=O. The number of carbonyl (C=O) groups excluding carboxylic acids is 2. The lowest BCUT2D eigenvalue weighted by Gasteiger charge is -2.32. The monoisotopic (exact) mass is 527 g/mol. The maximum atomic E-state index is 14.4. The van der Waals surface area contributed by atoms with Gasteiger partial charge in [0.15, 0.2) is 0 Å². The Morgan fingerprint density at radius 1 is 1.17 bits per heavy atom. The summed E-state index contributed by atoms with van der Waals surface area (Å²) in [7, 11) is -2.61. The summed E-state index contributed by atoms with van der Waals surface area (Å²) in [6.45, 7) is 4.36. The van der Waals surface area contributed by atoms with E-state index < -0.39 is 40.2 Å². The third kappa shape index (κ3) is 7.57. The molecule has 0 radical (unpaired) electrons. The molecule has 0 spiro atoms. The molecule has 0 heterocycles. The summed E-state index contributed by atoms with van der Waals surface area (Å²) >= 11 is 6.08. The maximum absolute atomic E-state index is 14.4. The Balaban J connectivity index is 2.47. The van der Waals surface area contributed by atoms with E-state index in [-0.39, 0.29) is 34.6 Å². The molecule has 0 saturated carbocycles. The average Bonchev–Trinajstić information content (AvgIpc) is 2.80. The fourth-order valence-corrected chi connectivity index (χ4v) is 4.32. The first-order valence-corrected chi connectivity index (χ1v) is 13.3. The Kier molecular flexibility index (Phi) is 9.91. The van der Waals surface area contributed by atoms with Gasteiger partial charge in [-0.15, -0.1) is 0 Å². The highest BCUT2D eigenvalue weighted by atomic mass is 35.5. The van der Waals surface area contributed by atoms with Crippen LogP contribution in [0.3, 0.4) is 0 Å². The molecule has 0 saturated heterocycles. The number of hydrogen-bond acceptors (Lipinski definition) is 5. The molecule has 35 heavy (non-hydrogen) atoms. The van der Waals surface area contributed by atoms with Crippen LogP contribution < -0.4 is 14.4 Å². The van der Waals surface area contributed by atoms with E-state index in [1.54, 1.807) is 6.07 Å². The number of hydrogen-bond donors (Lipinski definition) is 1. The highest BCUT2D eigenvalue weighted by Gasteiger charge is 2.32. The van der Waals surface area contributed by atoms with Crippen LogP contribution in [0.4, 0.5) is 10.1 Å². The smallest absolute Gasteiger partial charge is 0.244 e. The number of carbonyl (C=O) groups is 2. The molecular weight excluding hydrogens is 497 g/mol. The zero-order chi connectivity index (χ0) is 26.3. The predicted molar refractivity (Wildman–Crippen MR) is 135 cm³/mol. The summed E-state index contributed by atoms with van der Waals surface area (Å²) < 4.78 is 45.9. The second-order valence-electron chi connectivity index (χ2n) is 8.19. The summed E-state index contributed by atoms with van der Waals surface area (Å²) in [6.07, 6.45) is 1.62. The van der Waals surface area contributed by atoms with Crippen molar-refractivity contribution in [3.05, 3.63) is 58.9 Å².